The Kier molecular flexibility index (Phi) is 4.01. The van der Waals surface area contributed by atoms with Crippen molar-refractivity contribution in [2.45, 2.75) is 25.9 Å². The normalized spacial score (nSPS) is 12.5. The summed E-state index contributed by atoms with van der Waals surface area (Å²) in [5.74, 6) is -0.886. The standard InChI is InChI=1S/C13H16N2O4/c1-2-9(8-16)14-12(17)7-15-10-5-3-4-6-11(10)19-13(15)18/h3-6,9,16H,2,7-8H2,1H3,(H,14,17)/t9-/m0/s1. The number of carbonyl (C=O) groups is 1. The van der Waals surface area contributed by atoms with Gasteiger partial charge in [-0.25, -0.2) is 4.79 Å². The van der Waals surface area contributed by atoms with Crippen molar-refractivity contribution in [2.75, 3.05) is 6.61 Å². The molecular weight excluding hydrogens is 248 g/mol. The van der Waals surface area contributed by atoms with E-state index in [-0.39, 0.29) is 25.1 Å². The van der Waals surface area contributed by atoms with Crippen molar-refractivity contribution in [1.29, 1.82) is 0 Å². The van der Waals surface area contributed by atoms with Crippen molar-refractivity contribution in [3.05, 3.63) is 34.8 Å². The molecule has 0 aliphatic carbocycles. The number of aliphatic hydroxyl groups is 1. The van der Waals surface area contributed by atoms with Crippen LogP contribution in [-0.4, -0.2) is 28.2 Å². The molecule has 2 N–H and O–H groups in total. The molecule has 2 rings (SSSR count). The molecule has 0 radical (unpaired) electrons. The summed E-state index contributed by atoms with van der Waals surface area (Å²) in [6.45, 7) is 1.62. The van der Waals surface area contributed by atoms with Gasteiger partial charge >= 0.3 is 5.76 Å². The molecule has 1 aromatic heterocycles. The van der Waals surface area contributed by atoms with Crippen molar-refractivity contribution >= 4 is 17.0 Å². The zero-order valence-electron chi connectivity index (χ0n) is 10.6. The molecule has 0 saturated carbocycles. The van der Waals surface area contributed by atoms with Crippen molar-refractivity contribution in [1.82, 2.24) is 9.88 Å². The molecule has 0 aliphatic heterocycles. The van der Waals surface area contributed by atoms with E-state index in [9.17, 15) is 9.59 Å². The summed E-state index contributed by atoms with van der Waals surface area (Å²) in [5, 5.41) is 11.7. The summed E-state index contributed by atoms with van der Waals surface area (Å²) >= 11 is 0. The lowest BCUT2D eigenvalue weighted by atomic mass is 10.2. The van der Waals surface area contributed by atoms with Crippen molar-refractivity contribution in [3.8, 4) is 0 Å². The molecule has 1 atom stereocenters. The van der Waals surface area contributed by atoms with E-state index in [0.29, 0.717) is 17.5 Å². The molecular formula is C13H16N2O4. The van der Waals surface area contributed by atoms with E-state index in [2.05, 4.69) is 5.32 Å². The van der Waals surface area contributed by atoms with Crippen molar-refractivity contribution in [3.63, 3.8) is 0 Å². The smallest absolute Gasteiger partial charge is 0.408 e. The van der Waals surface area contributed by atoms with Crippen LogP contribution in [0.15, 0.2) is 33.5 Å². The summed E-state index contributed by atoms with van der Waals surface area (Å²) < 4.78 is 6.31. The van der Waals surface area contributed by atoms with Gasteiger partial charge in [0.05, 0.1) is 18.2 Å². The van der Waals surface area contributed by atoms with E-state index in [1.54, 1.807) is 24.3 Å². The Labute approximate surface area is 109 Å². The van der Waals surface area contributed by atoms with Crippen LogP contribution in [0.2, 0.25) is 0 Å². The van der Waals surface area contributed by atoms with Gasteiger partial charge in [-0.3, -0.25) is 9.36 Å². The van der Waals surface area contributed by atoms with Crippen LogP contribution in [0.25, 0.3) is 11.1 Å². The lowest BCUT2D eigenvalue weighted by Crippen LogP contribution is -2.40. The first kappa shape index (κ1) is 13.4. The molecule has 0 fully saturated rings. The predicted molar refractivity (Wildman–Crippen MR) is 69.8 cm³/mol. The van der Waals surface area contributed by atoms with E-state index >= 15 is 0 Å². The Hall–Kier alpha value is -2.08. The van der Waals surface area contributed by atoms with Gasteiger partial charge in [0.1, 0.15) is 6.54 Å². The third kappa shape index (κ3) is 2.85. The Morgan fingerprint density at radius 2 is 2.21 bits per heavy atom. The average molecular weight is 264 g/mol. The molecule has 0 saturated heterocycles. The molecule has 19 heavy (non-hydrogen) atoms. The Bertz CT molecular complexity index is 625. The van der Waals surface area contributed by atoms with Gasteiger partial charge in [0.25, 0.3) is 0 Å². The third-order valence-electron chi connectivity index (χ3n) is 2.95. The van der Waals surface area contributed by atoms with Gasteiger partial charge < -0.3 is 14.8 Å². The summed E-state index contributed by atoms with van der Waals surface area (Å²) in [7, 11) is 0. The van der Waals surface area contributed by atoms with E-state index < -0.39 is 5.76 Å². The van der Waals surface area contributed by atoms with Crippen LogP contribution < -0.4 is 11.1 Å². The van der Waals surface area contributed by atoms with Crippen LogP contribution in [0.5, 0.6) is 0 Å². The minimum absolute atomic E-state index is 0.119. The van der Waals surface area contributed by atoms with Gasteiger partial charge in [-0.2, -0.15) is 0 Å². The number of nitrogens with one attached hydrogen (secondary N) is 1. The number of rotatable bonds is 5. The number of hydrogen-bond donors (Lipinski definition) is 2. The van der Waals surface area contributed by atoms with Gasteiger partial charge in [-0.05, 0) is 18.6 Å². The van der Waals surface area contributed by atoms with E-state index in [0.717, 1.165) is 0 Å². The second-order valence-corrected chi connectivity index (χ2v) is 4.28. The van der Waals surface area contributed by atoms with E-state index in [4.69, 9.17) is 9.52 Å². The number of nitrogens with zero attached hydrogens (tertiary/aromatic N) is 1. The zero-order chi connectivity index (χ0) is 13.8. The largest absolute Gasteiger partial charge is 0.420 e. The topological polar surface area (TPSA) is 84.5 Å². The number of fused-ring (bicyclic) bond motifs is 1. The number of carbonyl (C=O) groups excluding carboxylic acids is 1. The molecule has 0 bridgehead atoms. The average Bonchev–Trinajstić information content (AvgIpc) is 2.72. The maximum Gasteiger partial charge on any atom is 0.420 e. The first-order valence-corrected chi connectivity index (χ1v) is 6.14. The SMILES string of the molecule is CC[C@@H](CO)NC(=O)Cn1c(=O)oc2ccccc21. The van der Waals surface area contributed by atoms with Crippen molar-refractivity contribution in [2.24, 2.45) is 0 Å². The molecule has 0 unspecified atom stereocenters. The minimum atomic E-state index is -0.562. The molecule has 1 heterocycles. The van der Waals surface area contributed by atoms with Crippen LogP contribution >= 0.6 is 0 Å². The Morgan fingerprint density at radius 1 is 1.47 bits per heavy atom. The maximum absolute atomic E-state index is 11.8. The van der Waals surface area contributed by atoms with Crippen LogP contribution in [0, 0.1) is 0 Å². The lowest BCUT2D eigenvalue weighted by Gasteiger charge is -2.13. The number of hydrogen-bond acceptors (Lipinski definition) is 4. The van der Waals surface area contributed by atoms with Gasteiger partial charge in [-0.15, -0.1) is 0 Å². The number of para-hydroxylation sites is 2. The summed E-state index contributed by atoms with van der Waals surface area (Å²) in [6, 6.07) is 6.63. The number of benzene rings is 1. The van der Waals surface area contributed by atoms with E-state index in [1.165, 1.54) is 4.57 Å². The number of amides is 1. The molecule has 102 valence electrons. The van der Waals surface area contributed by atoms with Gasteiger partial charge in [0.2, 0.25) is 5.91 Å². The lowest BCUT2D eigenvalue weighted by molar-refractivity contribution is -0.122. The number of oxazole rings is 1. The molecule has 0 spiro atoms. The Morgan fingerprint density at radius 3 is 2.89 bits per heavy atom. The quantitative estimate of drug-likeness (QED) is 0.822. The molecule has 0 aliphatic rings. The van der Waals surface area contributed by atoms with Crippen LogP contribution in [0.1, 0.15) is 13.3 Å². The molecule has 2 aromatic rings. The number of aliphatic hydroxyl groups excluding tert-OH is 1. The minimum Gasteiger partial charge on any atom is -0.408 e. The van der Waals surface area contributed by atoms with Crippen LogP contribution in [0.3, 0.4) is 0 Å². The summed E-state index contributed by atoms with van der Waals surface area (Å²) in [5.41, 5.74) is 1.04. The van der Waals surface area contributed by atoms with Crippen molar-refractivity contribution < 1.29 is 14.3 Å². The summed E-state index contributed by atoms with van der Waals surface area (Å²) in [6.07, 6.45) is 0.628. The number of aromatic nitrogens is 1. The molecule has 1 aromatic carbocycles. The third-order valence-corrected chi connectivity index (χ3v) is 2.95. The highest BCUT2D eigenvalue weighted by Crippen LogP contribution is 2.11. The van der Waals surface area contributed by atoms with Gasteiger partial charge in [0, 0.05) is 0 Å². The molecule has 6 heteroatoms. The first-order chi connectivity index (χ1) is 9.15. The second kappa shape index (κ2) is 5.71. The van der Waals surface area contributed by atoms with Gasteiger partial charge in [0.15, 0.2) is 5.58 Å². The second-order valence-electron chi connectivity index (χ2n) is 4.28. The fraction of sp³-hybridized carbons (Fsp3) is 0.385. The zero-order valence-corrected chi connectivity index (χ0v) is 10.6. The summed E-state index contributed by atoms with van der Waals surface area (Å²) in [4.78, 5) is 23.5. The van der Waals surface area contributed by atoms with Crippen LogP contribution in [0.4, 0.5) is 0 Å². The van der Waals surface area contributed by atoms with Crippen LogP contribution in [-0.2, 0) is 11.3 Å². The van der Waals surface area contributed by atoms with Gasteiger partial charge in [-0.1, -0.05) is 19.1 Å². The highest BCUT2D eigenvalue weighted by molar-refractivity contribution is 5.79. The predicted octanol–water partition coefficient (Wildman–Crippen LogP) is 0.482. The molecule has 1 amide bonds. The van der Waals surface area contributed by atoms with E-state index in [1.807, 2.05) is 6.92 Å². The first-order valence-electron chi connectivity index (χ1n) is 6.14. The highest BCUT2D eigenvalue weighted by atomic mass is 16.4. The molecule has 6 nitrogen and oxygen atoms in total. The monoisotopic (exact) mass is 264 g/mol. The fourth-order valence-electron chi connectivity index (χ4n) is 1.86. The maximum atomic E-state index is 11.8. The Balaban J connectivity index is 2.19. The highest BCUT2D eigenvalue weighted by Gasteiger charge is 2.14. The fourth-order valence-corrected chi connectivity index (χ4v) is 1.86.